The number of nitro groups is 1. The van der Waals surface area contributed by atoms with Crippen molar-refractivity contribution in [2.75, 3.05) is 5.32 Å². The van der Waals surface area contributed by atoms with Crippen molar-refractivity contribution < 1.29 is 19.9 Å². The highest BCUT2D eigenvalue weighted by molar-refractivity contribution is 9.10. The van der Waals surface area contributed by atoms with Gasteiger partial charge in [-0.05, 0) is 36.5 Å². The van der Waals surface area contributed by atoms with Crippen LogP contribution in [0.2, 0.25) is 0 Å². The average Bonchev–Trinajstić information content (AvgIpc) is 2.57. The van der Waals surface area contributed by atoms with Crippen LogP contribution in [-0.4, -0.2) is 32.4 Å². The number of rotatable bonds is 5. The van der Waals surface area contributed by atoms with Crippen molar-refractivity contribution in [3.8, 4) is 5.75 Å². The first-order valence-electron chi connectivity index (χ1n) is 6.88. The van der Waals surface area contributed by atoms with E-state index in [-0.39, 0.29) is 16.2 Å². The summed E-state index contributed by atoms with van der Waals surface area (Å²) < 4.78 is 0.398. The molecule has 134 valence electrons. The average molecular weight is 439 g/mol. The fourth-order valence-corrected chi connectivity index (χ4v) is 2.53. The molecule has 2 aromatic rings. The normalized spacial score (nSPS) is 10.5. The number of carboxylic acids is 1. The van der Waals surface area contributed by atoms with Gasteiger partial charge >= 0.3 is 11.7 Å². The molecule has 0 bridgehead atoms. The summed E-state index contributed by atoms with van der Waals surface area (Å²) in [5, 5.41) is 36.3. The zero-order valence-electron chi connectivity index (χ0n) is 12.8. The van der Waals surface area contributed by atoms with Crippen molar-refractivity contribution in [3.05, 3.63) is 62.1 Å². The number of aromatic hydroxyl groups is 1. The fraction of sp³-hybridized carbons (Fsp3) is 0. The number of benzene rings is 2. The minimum absolute atomic E-state index is 0.0628. The molecule has 0 spiro atoms. The number of aromatic carboxylic acids is 1. The Kier molecular flexibility index (Phi) is 6.20. The summed E-state index contributed by atoms with van der Waals surface area (Å²) in [5.41, 5.74) is 2.64. The van der Waals surface area contributed by atoms with Crippen LogP contribution in [0.15, 0.2) is 46.0 Å². The molecule has 0 heterocycles. The van der Waals surface area contributed by atoms with E-state index >= 15 is 0 Å². The highest BCUT2D eigenvalue weighted by atomic mass is 79.9. The summed E-state index contributed by atoms with van der Waals surface area (Å²) in [6.07, 6.45) is 1.16. The lowest BCUT2D eigenvalue weighted by molar-refractivity contribution is -0.385. The molecule has 0 atom stereocenters. The first-order chi connectivity index (χ1) is 12.3. The van der Waals surface area contributed by atoms with E-state index in [1.807, 2.05) is 0 Å². The fourth-order valence-electron chi connectivity index (χ4n) is 1.89. The van der Waals surface area contributed by atoms with Crippen LogP contribution in [0.4, 0.5) is 11.4 Å². The second-order valence-corrected chi connectivity index (χ2v) is 6.15. The van der Waals surface area contributed by atoms with Gasteiger partial charge in [-0.3, -0.25) is 15.5 Å². The van der Waals surface area contributed by atoms with E-state index in [0.717, 1.165) is 6.21 Å². The smallest absolute Gasteiger partial charge is 0.335 e. The number of anilines is 1. The number of thiocarbonyl (C=S) groups is 1. The Labute approximate surface area is 160 Å². The molecule has 0 aliphatic heterocycles. The first kappa shape index (κ1) is 19.3. The van der Waals surface area contributed by atoms with E-state index in [0.29, 0.717) is 10.2 Å². The minimum atomic E-state index is -1.07. The summed E-state index contributed by atoms with van der Waals surface area (Å²) in [6, 6.07) is 8.61. The lowest BCUT2D eigenvalue weighted by Gasteiger charge is -2.07. The van der Waals surface area contributed by atoms with Crippen LogP contribution >= 0.6 is 28.1 Å². The van der Waals surface area contributed by atoms with Crippen LogP contribution in [0.25, 0.3) is 0 Å². The van der Waals surface area contributed by atoms with Gasteiger partial charge in [0.2, 0.25) is 5.75 Å². The second-order valence-electron chi connectivity index (χ2n) is 4.83. The Morgan fingerprint density at radius 1 is 1.35 bits per heavy atom. The molecule has 11 heteroatoms. The number of phenolic OH excluding ortho intramolecular Hbond substituents is 1. The third-order valence-electron chi connectivity index (χ3n) is 3.02. The van der Waals surface area contributed by atoms with Crippen LogP contribution in [0, 0.1) is 10.1 Å². The molecule has 26 heavy (non-hydrogen) atoms. The molecule has 0 amide bonds. The molecule has 2 aromatic carbocycles. The van der Waals surface area contributed by atoms with Crippen LogP contribution in [0.5, 0.6) is 5.75 Å². The van der Waals surface area contributed by atoms with Gasteiger partial charge in [-0.25, -0.2) is 4.79 Å². The lowest BCUT2D eigenvalue weighted by Crippen LogP contribution is -2.24. The Bertz CT molecular complexity index is 919. The first-order valence-corrected chi connectivity index (χ1v) is 8.08. The molecule has 0 aliphatic carbocycles. The van der Waals surface area contributed by atoms with Crippen LogP contribution in [-0.2, 0) is 0 Å². The van der Waals surface area contributed by atoms with Gasteiger partial charge in [0, 0.05) is 21.8 Å². The molecular weight excluding hydrogens is 428 g/mol. The summed E-state index contributed by atoms with van der Waals surface area (Å²) in [6.45, 7) is 0. The largest absolute Gasteiger partial charge is 0.502 e. The van der Waals surface area contributed by atoms with E-state index in [1.54, 1.807) is 12.1 Å². The van der Waals surface area contributed by atoms with E-state index < -0.39 is 22.3 Å². The lowest BCUT2D eigenvalue weighted by atomic mass is 10.2. The van der Waals surface area contributed by atoms with E-state index in [9.17, 15) is 20.0 Å². The van der Waals surface area contributed by atoms with Crippen LogP contribution < -0.4 is 10.7 Å². The number of carboxylic acid groups (broad SMARTS) is 1. The van der Waals surface area contributed by atoms with Crippen LogP contribution in [0.3, 0.4) is 0 Å². The predicted molar refractivity (Wildman–Crippen MR) is 103 cm³/mol. The number of nitrogens with one attached hydrogen (secondary N) is 2. The Hall–Kier alpha value is -3.05. The topological polar surface area (TPSA) is 137 Å². The number of hydrogen-bond donors (Lipinski definition) is 4. The third kappa shape index (κ3) is 4.97. The number of nitro benzene ring substituents is 1. The molecule has 2 rings (SSSR count). The number of hydrogen-bond acceptors (Lipinski definition) is 6. The molecule has 4 N–H and O–H groups in total. The maximum Gasteiger partial charge on any atom is 0.335 e. The molecule has 0 saturated carbocycles. The number of nitrogens with zero attached hydrogens (tertiary/aromatic N) is 2. The molecule has 0 unspecified atom stereocenters. The molecule has 0 fully saturated rings. The summed E-state index contributed by atoms with van der Waals surface area (Å²) in [5.74, 6) is -1.60. The van der Waals surface area contributed by atoms with Gasteiger partial charge in [-0.2, -0.15) is 5.10 Å². The van der Waals surface area contributed by atoms with Crippen molar-refractivity contribution in [2.45, 2.75) is 0 Å². The molecule has 0 saturated heterocycles. The van der Waals surface area contributed by atoms with Gasteiger partial charge in [-0.15, -0.1) is 0 Å². The quantitative estimate of drug-likeness (QED) is 0.242. The van der Waals surface area contributed by atoms with E-state index in [1.165, 1.54) is 24.3 Å². The van der Waals surface area contributed by atoms with Crippen molar-refractivity contribution in [2.24, 2.45) is 5.10 Å². The summed E-state index contributed by atoms with van der Waals surface area (Å²) in [4.78, 5) is 21.1. The highest BCUT2D eigenvalue weighted by Crippen LogP contribution is 2.32. The number of carbonyl (C=O) groups is 1. The number of hydrazone groups is 1. The Morgan fingerprint density at radius 3 is 2.73 bits per heavy atom. The monoisotopic (exact) mass is 438 g/mol. The number of phenols is 1. The zero-order valence-corrected chi connectivity index (χ0v) is 15.2. The van der Waals surface area contributed by atoms with E-state index in [4.69, 9.17) is 17.3 Å². The Morgan fingerprint density at radius 2 is 2.08 bits per heavy atom. The van der Waals surface area contributed by atoms with Gasteiger partial charge in [0.05, 0.1) is 16.7 Å². The SMILES string of the molecule is O=C(O)c1cccc(NC(=S)NN=Cc2cc(Br)cc([N+](=O)[O-])c2O)c1. The maximum absolute atomic E-state index is 10.9. The third-order valence-corrected chi connectivity index (χ3v) is 3.67. The standard InChI is InChI=1S/C15H11BrN4O5S/c16-10-4-9(13(21)12(6-10)20(24)25)7-17-19-15(26)18-11-3-1-2-8(5-11)14(22)23/h1-7,21H,(H,22,23)(H2,18,19,26). The minimum Gasteiger partial charge on any atom is -0.502 e. The highest BCUT2D eigenvalue weighted by Gasteiger charge is 2.17. The van der Waals surface area contributed by atoms with Crippen molar-refractivity contribution in [1.82, 2.24) is 5.43 Å². The Balaban J connectivity index is 2.07. The summed E-state index contributed by atoms with van der Waals surface area (Å²) >= 11 is 8.14. The number of halogens is 1. The van der Waals surface area contributed by atoms with Crippen molar-refractivity contribution >= 4 is 56.8 Å². The van der Waals surface area contributed by atoms with Gasteiger partial charge in [-0.1, -0.05) is 22.0 Å². The maximum atomic E-state index is 10.9. The van der Waals surface area contributed by atoms with Gasteiger partial charge < -0.3 is 15.5 Å². The van der Waals surface area contributed by atoms with E-state index in [2.05, 4.69) is 31.8 Å². The zero-order chi connectivity index (χ0) is 19.3. The van der Waals surface area contributed by atoms with Gasteiger partial charge in [0.15, 0.2) is 5.11 Å². The van der Waals surface area contributed by atoms with Crippen LogP contribution in [0.1, 0.15) is 15.9 Å². The molecular formula is C15H11BrN4O5S. The molecule has 9 nitrogen and oxygen atoms in total. The predicted octanol–water partition coefficient (Wildman–Crippen LogP) is 3.08. The van der Waals surface area contributed by atoms with Gasteiger partial charge in [0.25, 0.3) is 0 Å². The second kappa shape index (κ2) is 8.36. The molecule has 0 aliphatic rings. The summed E-state index contributed by atoms with van der Waals surface area (Å²) in [7, 11) is 0. The molecule has 0 aromatic heterocycles. The molecule has 0 radical (unpaired) electrons. The van der Waals surface area contributed by atoms with Crippen molar-refractivity contribution in [1.29, 1.82) is 0 Å². The van der Waals surface area contributed by atoms with Crippen molar-refractivity contribution in [3.63, 3.8) is 0 Å². The van der Waals surface area contributed by atoms with Gasteiger partial charge in [0.1, 0.15) is 0 Å².